The molecule has 2 aromatic carbocycles. The predicted molar refractivity (Wildman–Crippen MR) is 103 cm³/mol. The number of nitrogens with zero attached hydrogens (tertiary/aromatic N) is 3. The van der Waals surface area contributed by atoms with Crippen LogP contribution in [0.1, 0.15) is 17.1 Å². The summed E-state index contributed by atoms with van der Waals surface area (Å²) in [6.07, 6.45) is 2.35. The van der Waals surface area contributed by atoms with E-state index in [9.17, 15) is 4.39 Å². The second-order valence-corrected chi connectivity index (χ2v) is 6.69. The lowest BCUT2D eigenvalue weighted by atomic mass is 10.1. The molecule has 0 spiro atoms. The van der Waals surface area contributed by atoms with E-state index in [0.29, 0.717) is 12.2 Å². The molecular formula is C20H17FN6. The molecule has 134 valence electrons. The predicted octanol–water partition coefficient (Wildman–Crippen LogP) is 3.85. The molecule has 0 atom stereocenters. The molecule has 0 fully saturated rings. The number of aryl methyl sites for hydroxylation is 1. The third-order valence-electron chi connectivity index (χ3n) is 4.74. The summed E-state index contributed by atoms with van der Waals surface area (Å²) < 4.78 is 15.1. The van der Waals surface area contributed by atoms with Crippen LogP contribution >= 0.6 is 0 Å². The fourth-order valence-electron chi connectivity index (χ4n) is 3.45. The van der Waals surface area contributed by atoms with Gasteiger partial charge >= 0.3 is 0 Å². The van der Waals surface area contributed by atoms with E-state index in [4.69, 9.17) is 5.73 Å². The van der Waals surface area contributed by atoms with Crippen LogP contribution in [0.3, 0.4) is 0 Å². The van der Waals surface area contributed by atoms with Gasteiger partial charge in [0.2, 0.25) is 0 Å². The van der Waals surface area contributed by atoms with Crippen LogP contribution in [0, 0.1) is 12.7 Å². The van der Waals surface area contributed by atoms with Gasteiger partial charge in [-0.25, -0.2) is 14.1 Å². The number of H-pyrrole nitrogens is 2. The number of aromatic amines is 2. The van der Waals surface area contributed by atoms with E-state index in [0.717, 1.165) is 44.7 Å². The molecule has 0 unspecified atom stereocenters. The van der Waals surface area contributed by atoms with Gasteiger partial charge in [0.25, 0.3) is 0 Å². The second-order valence-electron chi connectivity index (χ2n) is 6.69. The first-order valence-electron chi connectivity index (χ1n) is 8.63. The maximum atomic E-state index is 13.4. The van der Waals surface area contributed by atoms with Gasteiger partial charge in [0.05, 0.1) is 22.9 Å². The van der Waals surface area contributed by atoms with Gasteiger partial charge in [-0.05, 0) is 49.4 Å². The number of nitrogen functional groups attached to an aromatic ring is 1. The molecule has 0 aliphatic carbocycles. The van der Waals surface area contributed by atoms with Gasteiger partial charge in [0.1, 0.15) is 17.5 Å². The monoisotopic (exact) mass is 360 g/mol. The van der Waals surface area contributed by atoms with Gasteiger partial charge in [-0.2, -0.15) is 5.10 Å². The minimum absolute atomic E-state index is 0.246. The first-order valence-corrected chi connectivity index (χ1v) is 8.63. The van der Waals surface area contributed by atoms with E-state index in [2.05, 4.69) is 20.1 Å². The van der Waals surface area contributed by atoms with Crippen LogP contribution in [-0.4, -0.2) is 24.7 Å². The highest BCUT2D eigenvalue weighted by molar-refractivity contribution is 5.80. The van der Waals surface area contributed by atoms with E-state index in [1.54, 1.807) is 16.9 Å². The molecule has 7 heteroatoms. The Morgan fingerprint density at radius 1 is 1.07 bits per heavy atom. The molecule has 27 heavy (non-hydrogen) atoms. The van der Waals surface area contributed by atoms with Crippen LogP contribution in [0.4, 0.5) is 10.2 Å². The fourth-order valence-corrected chi connectivity index (χ4v) is 3.45. The summed E-state index contributed by atoms with van der Waals surface area (Å²) in [7, 11) is 0. The molecule has 5 rings (SSSR count). The standard InChI is InChI=1S/C20H17FN6/c1-11-24-18-5-3-16(9-19(18)25-11)27-20(22)13(10-23-27)8-15-7-12-6-14(21)2-4-17(12)26-15/h2-7,9-10,26H,8,22H2,1H3,(H,24,25). The number of halogens is 1. The van der Waals surface area contributed by atoms with Gasteiger partial charge in [0, 0.05) is 28.6 Å². The Morgan fingerprint density at radius 3 is 2.81 bits per heavy atom. The topological polar surface area (TPSA) is 88.3 Å². The van der Waals surface area contributed by atoms with Crippen molar-refractivity contribution in [1.29, 1.82) is 0 Å². The maximum absolute atomic E-state index is 13.4. The Bertz CT molecular complexity index is 1290. The number of benzene rings is 2. The first kappa shape index (κ1) is 15.6. The number of fused-ring (bicyclic) bond motifs is 2. The van der Waals surface area contributed by atoms with E-state index >= 15 is 0 Å². The normalized spacial score (nSPS) is 11.6. The molecule has 0 aliphatic rings. The number of hydrogen-bond donors (Lipinski definition) is 3. The third kappa shape index (κ3) is 2.64. The van der Waals surface area contributed by atoms with Crippen LogP contribution in [-0.2, 0) is 6.42 Å². The highest BCUT2D eigenvalue weighted by Gasteiger charge is 2.12. The van der Waals surface area contributed by atoms with Crippen LogP contribution in [0.15, 0.2) is 48.7 Å². The molecule has 0 saturated carbocycles. The minimum atomic E-state index is -0.246. The highest BCUT2D eigenvalue weighted by Crippen LogP contribution is 2.24. The molecule has 4 N–H and O–H groups in total. The van der Waals surface area contributed by atoms with Gasteiger partial charge < -0.3 is 15.7 Å². The number of anilines is 1. The number of nitrogens with one attached hydrogen (secondary N) is 2. The Balaban J connectivity index is 1.49. The Hall–Kier alpha value is -3.61. The lowest BCUT2D eigenvalue weighted by molar-refractivity contribution is 0.630. The van der Waals surface area contributed by atoms with E-state index in [-0.39, 0.29) is 5.82 Å². The second kappa shape index (κ2) is 5.70. The average Bonchev–Trinajstić information content (AvgIpc) is 3.30. The fraction of sp³-hybridized carbons (Fsp3) is 0.100. The van der Waals surface area contributed by atoms with Crippen LogP contribution < -0.4 is 5.73 Å². The quantitative estimate of drug-likeness (QED) is 0.457. The largest absolute Gasteiger partial charge is 0.383 e. The van der Waals surface area contributed by atoms with Crippen molar-refractivity contribution in [1.82, 2.24) is 24.7 Å². The molecule has 0 saturated heterocycles. The van der Waals surface area contributed by atoms with Gasteiger partial charge in [-0.1, -0.05) is 0 Å². The number of aromatic nitrogens is 5. The van der Waals surface area contributed by atoms with Gasteiger partial charge in [0.15, 0.2) is 0 Å². The summed E-state index contributed by atoms with van der Waals surface area (Å²) >= 11 is 0. The van der Waals surface area contributed by atoms with Crippen molar-refractivity contribution in [2.24, 2.45) is 0 Å². The van der Waals surface area contributed by atoms with Crippen molar-refractivity contribution in [3.63, 3.8) is 0 Å². The zero-order valence-corrected chi connectivity index (χ0v) is 14.6. The lowest BCUT2D eigenvalue weighted by Gasteiger charge is -2.05. The Morgan fingerprint density at radius 2 is 1.93 bits per heavy atom. The average molecular weight is 360 g/mol. The van der Waals surface area contributed by atoms with Crippen LogP contribution in [0.5, 0.6) is 0 Å². The van der Waals surface area contributed by atoms with E-state index < -0.39 is 0 Å². The zero-order chi connectivity index (χ0) is 18.5. The molecule has 0 amide bonds. The number of hydrogen-bond acceptors (Lipinski definition) is 3. The highest BCUT2D eigenvalue weighted by atomic mass is 19.1. The van der Waals surface area contributed by atoms with Crippen molar-refractivity contribution >= 4 is 27.8 Å². The molecule has 6 nitrogen and oxygen atoms in total. The SMILES string of the molecule is Cc1nc2cc(-n3ncc(Cc4cc5cc(F)ccc5[nH]4)c3N)ccc2[nH]1. The summed E-state index contributed by atoms with van der Waals surface area (Å²) in [6, 6.07) is 12.5. The van der Waals surface area contributed by atoms with Crippen molar-refractivity contribution in [2.45, 2.75) is 13.3 Å². The summed E-state index contributed by atoms with van der Waals surface area (Å²) in [5.41, 5.74) is 11.8. The van der Waals surface area contributed by atoms with E-state index in [1.165, 1.54) is 12.1 Å². The molecule has 0 radical (unpaired) electrons. The van der Waals surface area contributed by atoms with Crippen molar-refractivity contribution in [3.05, 3.63) is 71.6 Å². The van der Waals surface area contributed by atoms with Gasteiger partial charge in [-0.3, -0.25) is 0 Å². The summed E-state index contributed by atoms with van der Waals surface area (Å²) in [6.45, 7) is 1.92. The van der Waals surface area contributed by atoms with Crippen molar-refractivity contribution in [2.75, 3.05) is 5.73 Å². The molecular weight excluding hydrogens is 343 g/mol. The Kier molecular flexibility index (Phi) is 3.30. The Labute approximate surface area is 153 Å². The molecule has 3 heterocycles. The van der Waals surface area contributed by atoms with Crippen molar-refractivity contribution in [3.8, 4) is 5.69 Å². The van der Waals surface area contributed by atoms with Crippen LogP contribution in [0.25, 0.3) is 27.6 Å². The molecule has 5 aromatic rings. The number of imidazole rings is 1. The van der Waals surface area contributed by atoms with Crippen LogP contribution in [0.2, 0.25) is 0 Å². The molecule has 3 aromatic heterocycles. The summed E-state index contributed by atoms with van der Waals surface area (Å²) in [4.78, 5) is 11.0. The number of rotatable bonds is 3. The van der Waals surface area contributed by atoms with Crippen molar-refractivity contribution < 1.29 is 4.39 Å². The first-order chi connectivity index (χ1) is 13.1. The lowest BCUT2D eigenvalue weighted by Crippen LogP contribution is -2.03. The number of nitrogens with two attached hydrogens (primary N) is 1. The zero-order valence-electron chi connectivity index (χ0n) is 14.6. The minimum Gasteiger partial charge on any atom is -0.383 e. The third-order valence-corrected chi connectivity index (χ3v) is 4.74. The summed E-state index contributed by atoms with van der Waals surface area (Å²) in [5, 5.41) is 5.29. The maximum Gasteiger partial charge on any atom is 0.130 e. The molecule has 0 aliphatic heterocycles. The summed E-state index contributed by atoms with van der Waals surface area (Å²) in [5.74, 6) is 1.20. The smallest absolute Gasteiger partial charge is 0.130 e. The van der Waals surface area contributed by atoms with Gasteiger partial charge in [-0.15, -0.1) is 0 Å². The van der Waals surface area contributed by atoms with E-state index in [1.807, 2.05) is 31.2 Å². The molecule has 0 bridgehead atoms.